The van der Waals surface area contributed by atoms with Crippen molar-refractivity contribution in [3.05, 3.63) is 29.2 Å². The minimum absolute atomic E-state index is 0.317. The van der Waals surface area contributed by atoms with Gasteiger partial charge in [0.15, 0.2) is 11.6 Å². The fraction of sp³-hybridized carbons (Fsp3) is 0.400. The summed E-state index contributed by atoms with van der Waals surface area (Å²) in [6.07, 6.45) is 1.64. The second-order valence-electron chi connectivity index (χ2n) is 3.61. The molecule has 0 aromatic carbocycles. The van der Waals surface area contributed by atoms with Gasteiger partial charge in [-0.2, -0.15) is 5.10 Å². The summed E-state index contributed by atoms with van der Waals surface area (Å²) >= 11 is 5.89. The Kier molecular flexibility index (Phi) is 4.06. The molecule has 0 spiro atoms. The first-order valence-corrected chi connectivity index (χ1v) is 5.66. The van der Waals surface area contributed by atoms with Crippen LogP contribution in [0.25, 0.3) is 0 Å². The van der Waals surface area contributed by atoms with E-state index in [4.69, 9.17) is 16.3 Å². The van der Waals surface area contributed by atoms with Crippen LogP contribution < -0.4 is 5.32 Å². The normalized spacial score (nSPS) is 10.6. The van der Waals surface area contributed by atoms with Gasteiger partial charge in [-0.1, -0.05) is 11.6 Å². The topological polar surface area (TPSA) is 77.8 Å². The van der Waals surface area contributed by atoms with Gasteiger partial charge in [-0.15, -0.1) is 0 Å². The lowest BCUT2D eigenvalue weighted by Gasteiger charge is -2.05. The van der Waals surface area contributed by atoms with Gasteiger partial charge in [-0.05, 0) is 0 Å². The molecule has 0 fully saturated rings. The predicted molar refractivity (Wildman–Crippen MR) is 66.1 cm³/mol. The van der Waals surface area contributed by atoms with Gasteiger partial charge in [0.05, 0.1) is 6.54 Å². The van der Waals surface area contributed by atoms with Crippen LogP contribution in [-0.4, -0.2) is 31.8 Å². The highest BCUT2D eigenvalue weighted by Gasteiger charge is 2.04. The van der Waals surface area contributed by atoms with Crippen LogP contribution in [-0.2, 0) is 24.9 Å². The summed E-state index contributed by atoms with van der Waals surface area (Å²) in [4.78, 5) is 12.4. The maximum atomic E-state index is 5.89. The molecule has 0 aliphatic heterocycles. The molecule has 96 valence electrons. The van der Waals surface area contributed by atoms with Gasteiger partial charge in [0.25, 0.3) is 0 Å². The third-order valence-electron chi connectivity index (χ3n) is 2.09. The van der Waals surface area contributed by atoms with Gasteiger partial charge >= 0.3 is 0 Å². The molecule has 0 saturated heterocycles. The van der Waals surface area contributed by atoms with Crippen LogP contribution >= 0.6 is 11.6 Å². The minimum Gasteiger partial charge on any atom is -0.377 e. The molecule has 0 aliphatic carbocycles. The highest BCUT2D eigenvalue weighted by Crippen LogP contribution is 2.12. The predicted octanol–water partition coefficient (Wildman–Crippen LogP) is 1.02. The van der Waals surface area contributed by atoms with Crippen LogP contribution in [0.2, 0.25) is 5.15 Å². The van der Waals surface area contributed by atoms with E-state index in [-0.39, 0.29) is 0 Å². The third-order valence-corrected chi connectivity index (χ3v) is 2.28. The Morgan fingerprint density at radius 3 is 2.89 bits per heavy atom. The molecular weight excluding hydrogens is 256 g/mol. The molecule has 18 heavy (non-hydrogen) atoms. The second kappa shape index (κ2) is 5.74. The Morgan fingerprint density at radius 2 is 2.22 bits per heavy atom. The first-order valence-electron chi connectivity index (χ1n) is 5.28. The molecule has 2 rings (SSSR count). The summed E-state index contributed by atoms with van der Waals surface area (Å²) in [5, 5.41) is 7.60. The number of ether oxygens (including phenoxy) is 1. The van der Waals surface area contributed by atoms with E-state index in [9.17, 15) is 0 Å². The third kappa shape index (κ3) is 3.38. The van der Waals surface area contributed by atoms with Crippen molar-refractivity contribution in [2.45, 2.75) is 13.2 Å². The average molecular weight is 269 g/mol. The Balaban J connectivity index is 2.04. The molecule has 2 aromatic rings. The number of aromatic nitrogens is 5. The molecule has 2 aromatic heterocycles. The number of halogens is 1. The highest BCUT2D eigenvalue weighted by molar-refractivity contribution is 6.29. The first-order chi connectivity index (χ1) is 8.67. The van der Waals surface area contributed by atoms with Crippen molar-refractivity contribution in [1.29, 1.82) is 0 Å². The summed E-state index contributed by atoms with van der Waals surface area (Å²) in [5.74, 6) is 1.83. The lowest BCUT2D eigenvalue weighted by Crippen LogP contribution is -2.06. The van der Waals surface area contributed by atoms with Crippen LogP contribution in [0.4, 0.5) is 5.82 Å². The molecule has 0 atom stereocenters. The zero-order valence-electron chi connectivity index (χ0n) is 10.1. The van der Waals surface area contributed by atoms with Crippen LogP contribution in [0.15, 0.2) is 12.4 Å². The van der Waals surface area contributed by atoms with Gasteiger partial charge in [0.2, 0.25) is 0 Å². The van der Waals surface area contributed by atoms with Gasteiger partial charge in [-0.3, -0.25) is 4.68 Å². The Labute approximate surface area is 109 Å². The molecule has 8 heteroatoms. The van der Waals surface area contributed by atoms with E-state index in [0.29, 0.717) is 35.8 Å². The van der Waals surface area contributed by atoms with E-state index in [1.165, 1.54) is 0 Å². The van der Waals surface area contributed by atoms with Gasteiger partial charge < -0.3 is 10.1 Å². The van der Waals surface area contributed by atoms with Crippen molar-refractivity contribution in [3.63, 3.8) is 0 Å². The van der Waals surface area contributed by atoms with Crippen molar-refractivity contribution in [2.24, 2.45) is 7.05 Å². The van der Waals surface area contributed by atoms with Crippen LogP contribution in [0.5, 0.6) is 0 Å². The summed E-state index contributed by atoms with van der Waals surface area (Å²) < 4.78 is 6.60. The highest BCUT2D eigenvalue weighted by atomic mass is 35.5. The number of nitrogens with zero attached hydrogens (tertiary/aromatic N) is 5. The van der Waals surface area contributed by atoms with E-state index in [1.807, 2.05) is 7.05 Å². The van der Waals surface area contributed by atoms with Crippen molar-refractivity contribution in [2.75, 3.05) is 12.4 Å². The summed E-state index contributed by atoms with van der Waals surface area (Å²) in [6.45, 7) is 0.789. The molecular formula is C10H13ClN6O. The molecule has 2 heterocycles. The Hall–Kier alpha value is -1.73. The van der Waals surface area contributed by atoms with E-state index in [0.717, 1.165) is 0 Å². The monoisotopic (exact) mass is 268 g/mol. The van der Waals surface area contributed by atoms with Crippen molar-refractivity contribution < 1.29 is 4.74 Å². The zero-order valence-corrected chi connectivity index (χ0v) is 10.8. The smallest absolute Gasteiger partial charge is 0.169 e. The van der Waals surface area contributed by atoms with E-state index in [1.54, 1.807) is 24.2 Å². The van der Waals surface area contributed by atoms with Crippen molar-refractivity contribution >= 4 is 17.4 Å². The Bertz CT molecular complexity index is 529. The quantitative estimate of drug-likeness (QED) is 0.816. The number of hydrogen-bond donors (Lipinski definition) is 1. The number of anilines is 1. The standard InChI is InChI=1S/C10H13ClN6O/c1-17-6-13-9(16-17)4-12-8-3-7(11)14-10(15-8)5-18-2/h3,6H,4-5H2,1-2H3,(H,12,14,15). The molecule has 0 aliphatic rings. The lowest BCUT2D eigenvalue weighted by molar-refractivity contribution is 0.178. The van der Waals surface area contributed by atoms with Gasteiger partial charge in [-0.25, -0.2) is 15.0 Å². The zero-order chi connectivity index (χ0) is 13.0. The number of methoxy groups -OCH3 is 1. The summed E-state index contributed by atoms with van der Waals surface area (Å²) in [5.41, 5.74) is 0. The van der Waals surface area contributed by atoms with Crippen molar-refractivity contribution in [3.8, 4) is 0 Å². The molecule has 0 radical (unpaired) electrons. The molecule has 0 unspecified atom stereocenters. The maximum absolute atomic E-state index is 5.89. The second-order valence-corrected chi connectivity index (χ2v) is 4.00. The van der Waals surface area contributed by atoms with Gasteiger partial charge in [0, 0.05) is 20.2 Å². The number of aryl methyl sites for hydroxylation is 1. The van der Waals surface area contributed by atoms with Crippen molar-refractivity contribution in [1.82, 2.24) is 24.7 Å². The fourth-order valence-corrected chi connectivity index (χ4v) is 1.58. The van der Waals surface area contributed by atoms with Crippen LogP contribution in [0, 0.1) is 0 Å². The molecule has 7 nitrogen and oxygen atoms in total. The van der Waals surface area contributed by atoms with E-state index in [2.05, 4.69) is 25.4 Å². The number of rotatable bonds is 5. The SMILES string of the molecule is COCc1nc(Cl)cc(NCc2ncn(C)n2)n1. The lowest BCUT2D eigenvalue weighted by atomic mass is 10.5. The number of nitrogens with one attached hydrogen (secondary N) is 1. The van der Waals surface area contributed by atoms with E-state index >= 15 is 0 Å². The Morgan fingerprint density at radius 1 is 1.39 bits per heavy atom. The molecule has 0 amide bonds. The molecule has 1 N–H and O–H groups in total. The maximum Gasteiger partial charge on any atom is 0.169 e. The number of hydrogen-bond acceptors (Lipinski definition) is 6. The molecule has 0 saturated carbocycles. The van der Waals surface area contributed by atoms with Crippen LogP contribution in [0.1, 0.15) is 11.6 Å². The average Bonchev–Trinajstić information content (AvgIpc) is 2.72. The fourth-order valence-electron chi connectivity index (χ4n) is 1.38. The van der Waals surface area contributed by atoms with Crippen LogP contribution in [0.3, 0.4) is 0 Å². The largest absolute Gasteiger partial charge is 0.377 e. The van der Waals surface area contributed by atoms with E-state index < -0.39 is 0 Å². The minimum atomic E-state index is 0.317. The summed E-state index contributed by atoms with van der Waals surface area (Å²) in [7, 11) is 3.39. The first kappa shape index (κ1) is 12.7. The van der Waals surface area contributed by atoms with Gasteiger partial charge in [0.1, 0.15) is 23.9 Å². The molecule has 0 bridgehead atoms. The summed E-state index contributed by atoms with van der Waals surface area (Å²) in [6, 6.07) is 1.64.